The number of hydrogen-bond donors (Lipinski definition) is 2. The third kappa shape index (κ3) is 5.17. The minimum atomic E-state index is -0.599. The average Bonchev–Trinajstić information content (AvgIpc) is 3.08. The van der Waals surface area contributed by atoms with Gasteiger partial charge >= 0.3 is 6.03 Å². The molecule has 154 valence electrons. The molecule has 0 fully saturated rings. The predicted molar refractivity (Wildman–Crippen MR) is 109 cm³/mol. The quantitative estimate of drug-likeness (QED) is 0.777. The summed E-state index contributed by atoms with van der Waals surface area (Å²) in [5, 5.41) is 4.95. The van der Waals surface area contributed by atoms with E-state index in [9.17, 15) is 9.59 Å². The summed E-state index contributed by atoms with van der Waals surface area (Å²) >= 11 is 0. The van der Waals surface area contributed by atoms with Crippen LogP contribution in [0.4, 0.5) is 10.5 Å². The molecule has 0 bridgehead atoms. The van der Waals surface area contributed by atoms with E-state index < -0.39 is 11.9 Å². The van der Waals surface area contributed by atoms with Crippen LogP contribution in [0.3, 0.4) is 0 Å². The monoisotopic (exact) mass is 399 g/mol. The van der Waals surface area contributed by atoms with Crippen LogP contribution in [0.1, 0.15) is 16.7 Å². The van der Waals surface area contributed by atoms with Gasteiger partial charge in [0.05, 0.1) is 13.7 Å². The molecule has 2 aromatic rings. The Kier molecular flexibility index (Phi) is 6.23. The van der Waals surface area contributed by atoms with E-state index in [1.54, 1.807) is 25.3 Å². The first-order chi connectivity index (χ1) is 13.9. The average molecular weight is 399 g/mol. The zero-order valence-corrected chi connectivity index (χ0v) is 17.0. The number of imide groups is 1. The number of rotatable bonds is 6. The molecule has 3 amide bonds. The minimum Gasteiger partial charge on any atom is -0.496 e. The number of methoxy groups -OCH3 is 1. The first-order valence-electron chi connectivity index (χ1n) is 9.19. The lowest BCUT2D eigenvalue weighted by atomic mass is 10.1. The van der Waals surface area contributed by atoms with Gasteiger partial charge in [-0.3, -0.25) is 15.0 Å². The third-order valence-electron chi connectivity index (χ3n) is 4.47. The van der Waals surface area contributed by atoms with Crippen molar-refractivity contribution in [2.24, 2.45) is 0 Å². The molecule has 0 saturated heterocycles. The molecule has 8 heteroatoms. The molecule has 0 atom stereocenters. The van der Waals surface area contributed by atoms with Crippen LogP contribution in [0.25, 0.3) is 0 Å². The van der Waals surface area contributed by atoms with E-state index in [4.69, 9.17) is 14.2 Å². The van der Waals surface area contributed by atoms with Crippen LogP contribution in [0.2, 0.25) is 0 Å². The number of amides is 3. The summed E-state index contributed by atoms with van der Waals surface area (Å²) in [6, 6.07) is 8.49. The summed E-state index contributed by atoms with van der Waals surface area (Å²) in [5.41, 5.74) is 3.67. The van der Waals surface area contributed by atoms with Crippen molar-refractivity contribution in [2.75, 3.05) is 32.8 Å². The van der Waals surface area contributed by atoms with Gasteiger partial charge in [-0.25, -0.2) is 4.79 Å². The number of carbonyl (C=O) groups is 2. The number of aryl methyl sites for hydroxylation is 2. The zero-order valence-electron chi connectivity index (χ0n) is 17.0. The highest BCUT2D eigenvalue weighted by Crippen LogP contribution is 2.34. The highest BCUT2D eigenvalue weighted by atomic mass is 16.7. The zero-order chi connectivity index (χ0) is 21.0. The van der Waals surface area contributed by atoms with Gasteiger partial charge in [0.25, 0.3) is 0 Å². The molecule has 0 radical (unpaired) electrons. The SMILES string of the molecule is COc1c(C)cc(CN(C)CC(=O)NC(=O)Nc2ccc3c(c2)OCO3)cc1C. The molecule has 3 rings (SSSR count). The topological polar surface area (TPSA) is 89.1 Å². The van der Waals surface area contributed by atoms with Crippen molar-refractivity contribution in [1.82, 2.24) is 10.2 Å². The number of nitrogens with zero attached hydrogens (tertiary/aromatic N) is 1. The molecule has 1 heterocycles. The van der Waals surface area contributed by atoms with Crippen molar-refractivity contribution >= 4 is 17.6 Å². The van der Waals surface area contributed by atoms with Gasteiger partial charge in [0.2, 0.25) is 12.7 Å². The fourth-order valence-corrected chi connectivity index (χ4v) is 3.37. The molecule has 0 aromatic heterocycles. The number of fused-ring (bicyclic) bond motifs is 1. The van der Waals surface area contributed by atoms with Crippen molar-refractivity contribution in [3.05, 3.63) is 47.0 Å². The van der Waals surface area contributed by atoms with Gasteiger partial charge < -0.3 is 19.5 Å². The number of ether oxygens (including phenoxy) is 3. The van der Waals surface area contributed by atoms with Crippen LogP contribution in [0, 0.1) is 13.8 Å². The second kappa shape index (κ2) is 8.83. The molecule has 2 aromatic carbocycles. The molecule has 29 heavy (non-hydrogen) atoms. The maximum Gasteiger partial charge on any atom is 0.325 e. The number of carbonyl (C=O) groups excluding carboxylic acids is 2. The molecule has 1 aliphatic rings. The number of urea groups is 1. The van der Waals surface area contributed by atoms with E-state index in [0.29, 0.717) is 23.7 Å². The lowest BCUT2D eigenvalue weighted by Crippen LogP contribution is -2.40. The van der Waals surface area contributed by atoms with Gasteiger partial charge in [0.1, 0.15) is 5.75 Å². The Morgan fingerprint density at radius 3 is 2.48 bits per heavy atom. The molecule has 8 nitrogen and oxygen atoms in total. The van der Waals surface area contributed by atoms with E-state index >= 15 is 0 Å². The molecule has 2 N–H and O–H groups in total. The highest BCUT2D eigenvalue weighted by molar-refractivity contribution is 6.01. The third-order valence-corrected chi connectivity index (χ3v) is 4.47. The molecule has 1 aliphatic heterocycles. The van der Waals surface area contributed by atoms with E-state index in [0.717, 1.165) is 22.4 Å². The normalized spacial score (nSPS) is 12.0. The van der Waals surface area contributed by atoms with Gasteiger partial charge in [-0.1, -0.05) is 12.1 Å². The molecule has 0 spiro atoms. The van der Waals surface area contributed by atoms with Crippen molar-refractivity contribution in [1.29, 1.82) is 0 Å². The number of hydrogen-bond acceptors (Lipinski definition) is 6. The van der Waals surface area contributed by atoms with Crippen molar-refractivity contribution in [3.63, 3.8) is 0 Å². The van der Waals surface area contributed by atoms with Gasteiger partial charge in [-0.15, -0.1) is 0 Å². The highest BCUT2D eigenvalue weighted by Gasteiger charge is 2.16. The Labute approximate surface area is 169 Å². The molecule has 0 unspecified atom stereocenters. The Hall–Kier alpha value is -3.26. The number of anilines is 1. The van der Waals surface area contributed by atoms with Crippen LogP contribution in [-0.4, -0.2) is 44.3 Å². The summed E-state index contributed by atoms with van der Waals surface area (Å²) in [4.78, 5) is 26.1. The van der Waals surface area contributed by atoms with E-state index in [2.05, 4.69) is 10.6 Å². The standard InChI is InChI=1S/C21H25N3O5/c1-13-7-15(8-14(2)20(13)27-4)10-24(3)11-19(25)23-21(26)22-16-5-6-17-18(9-16)29-12-28-17/h5-9H,10-12H2,1-4H3,(H2,22,23,25,26). The van der Waals surface area contributed by atoms with Gasteiger partial charge in [-0.2, -0.15) is 0 Å². The van der Waals surface area contributed by atoms with Gasteiger partial charge in [0, 0.05) is 18.3 Å². The summed E-state index contributed by atoms with van der Waals surface area (Å²) in [7, 11) is 3.48. The number of nitrogens with one attached hydrogen (secondary N) is 2. The summed E-state index contributed by atoms with van der Waals surface area (Å²) in [5.74, 6) is 1.65. The number of benzene rings is 2. The first-order valence-corrected chi connectivity index (χ1v) is 9.19. The Morgan fingerprint density at radius 1 is 1.10 bits per heavy atom. The molecular formula is C21H25N3O5. The molecular weight excluding hydrogens is 374 g/mol. The fourth-order valence-electron chi connectivity index (χ4n) is 3.37. The Balaban J connectivity index is 1.50. The van der Waals surface area contributed by atoms with Crippen molar-refractivity contribution in [3.8, 4) is 17.2 Å². The second-order valence-corrected chi connectivity index (χ2v) is 7.01. The van der Waals surface area contributed by atoms with Crippen LogP contribution < -0.4 is 24.8 Å². The van der Waals surface area contributed by atoms with Gasteiger partial charge in [-0.05, 0) is 49.7 Å². The first kappa shape index (κ1) is 20.5. The lowest BCUT2D eigenvalue weighted by Gasteiger charge is -2.18. The van der Waals surface area contributed by atoms with Crippen molar-refractivity contribution < 1.29 is 23.8 Å². The van der Waals surface area contributed by atoms with E-state index in [1.807, 2.05) is 37.9 Å². The van der Waals surface area contributed by atoms with Crippen LogP contribution in [0.15, 0.2) is 30.3 Å². The number of likely N-dealkylation sites (N-methyl/N-ethyl adjacent to an activating group) is 1. The van der Waals surface area contributed by atoms with Crippen LogP contribution in [-0.2, 0) is 11.3 Å². The molecule has 0 aliphatic carbocycles. The van der Waals surface area contributed by atoms with E-state index in [-0.39, 0.29) is 13.3 Å². The summed E-state index contributed by atoms with van der Waals surface area (Å²) in [6.45, 7) is 4.79. The Morgan fingerprint density at radius 2 is 1.79 bits per heavy atom. The van der Waals surface area contributed by atoms with Crippen molar-refractivity contribution in [2.45, 2.75) is 20.4 Å². The summed E-state index contributed by atoms with van der Waals surface area (Å²) in [6.07, 6.45) is 0. The fraction of sp³-hybridized carbons (Fsp3) is 0.333. The second-order valence-electron chi connectivity index (χ2n) is 7.01. The Bertz CT molecular complexity index is 906. The molecule has 0 saturated carbocycles. The maximum atomic E-state index is 12.2. The van der Waals surface area contributed by atoms with E-state index in [1.165, 1.54) is 0 Å². The predicted octanol–water partition coefficient (Wildman–Crippen LogP) is 2.82. The van der Waals surface area contributed by atoms with Crippen LogP contribution in [0.5, 0.6) is 17.2 Å². The lowest BCUT2D eigenvalue weighted by molar-refractivity contribution is -0.120. The minimum absolute atomic E-state index is 0.0820. The van der Waals surface area contributed by atoms with Crippen LogP contribution >= 0.6 is 0 Å². The smallest absolute Gasteiger partial charge is 0.325 e. The maximum absolute atomic E-state index is 12.2. The summed E-state index contributed by atoms with van der Waals surface area (Å²) < 4.78 is 15.9. The largest absolute Gasteiger partial charge is 0.496 e. The van der Waals surface area contributed by atoms with Gasteiger partial charge in [0.15, 0.2) is 11.5 Å².